The van der Waals surface area contributed by atoms with Crippen molar-refractivity contribution in [3.05, 3.63) is 59.7 Å². The van der Waals surface area contributed by atoms with E-state index < -0.39 is 0 Å². The predicted octanol–water partition coefficient (Wildman–Crippen LogP) is -1.06. The van der Waals surface area contributed by atoms with E-state index in [1.165, 1.54) is 11.1 Å². The van der Waals surface area contributed by atoms with Crippen molar-refractivity contribution >= 4 is 9.52 Å². The van der Waals surface area contributed by atoms with E-state index in [2.05, 4.69) is 77.2 Å². The molecule has 0 atom stereocenters. The van der Waals surface area contributed by atoms with Gasteiger partial charge in [0.25, 0.3) is 0 Å². The largest absolute Gasteiger partial charge is 4.00 e. The molecule has 4 heteroatoms. The molecule has 1 radical (unpaired) electrons. The Morgan fingerprint density at radius 3 is 1.19 bits per heavy atom. The number of rotatable bonds is 0. The molecule has 0 aliphatic heterocycles. The zero-order valence-electron chi connectivity index (χ0n) is 14.0. The van der Waals surface area contributed by atoms with Crippen LogP contribution in [0, 0.1) is 6.92 Å². The average molecular weight is 422 g/mol. The third-order valence-corrected chi connectivity index (χ3v) is 2.36. The quantitative estimate of drug-likeness (QED) is 0.376. The van der Waals surface area contributed by atoms with Crippen molar-refractivity contribution in [2.75, 3.05) is 0 Å². The van der Waals surface area contributed by atoms with E-state index >= 15 is 0 Å². The second kappa shape index (κ2) is 16.7. The van der Waals surface area contributed by atoms with Crippen LogP contribution in [0.1, 0.15) is 31.9 Å². The topological polar surface area (TPSA) is 0 Å². The van der Waals surface area contributed by atoms with Crippen LogP contribution in [0.4, 0.5) is 0 Å². The van der Waals surface area contributed by atoms with Crippen molar-refractivity contribution in [1.29, 1.82) is 0 Å². The fourth-order valence-corrected chi connectivity index (χ4v) is 1.34. The summed E-state index contributed by atoms with van der Waals surface area (Å²) in [5, 5.41) is 0. The van der Waals surface area contributed by atoms with Crippen molar-refractivity contribution in [2.24, 2.45) is 0 Å². The van der Waals surface area contributed by atoms with Gasteiger partial charge in [0.05, 0.1) is 0 Å². The number of hydrogen-bond donors (Lipinski definition) is 0. The van der Waals surface area contributed by atoms with E-state index in [0.717, 1.165) is 9.52 Å². The average Bonchev–Trinajstić information content (AvgIpc) is 2.89. The molecule has 0 aliphatic carbocycles. The minimum atomic E-state index is 0. The summed E-state index contributed by atoms with van der Waals surface area (Å²) in [5.41, 5.74) is 3.08. The zero-order chi connectivity index (χ0) is 14.0. The first-order valence-electron chi connectivity index (χ1n) is 6.56. The monoisotopic (exact) mass is 419 g/mol. The molecule has 0 heterocycles. The molecule has 0 saturated carbocycles. The number of aryl methyl sites for hydroxylation is 1. The van der Waals surface area contributed by atoms with Gasteiger partial charge in [-0.3, -0.25) is 0 Å². The smallest absolute Gasteiger partial charge is 1.00 e. The van der Waals surface area contributed by atoms with E-state index in [1.54, 1.807) is 0 Å². The molecule has 0 nitrogen and oxygen atoms in total. The van der Waals surface area contributed by atoms with E-state index in [0.29, 0.717) is 5.41 Å². The van der Waals surface area contributed by atoms with Gasteiger partial charge in [0.2, 0.25) is 0 Å². The molecule has 0 bridgehead atoms. The van der Waals surface area contributed by atoms with Crippen LogP contribution in [0.15, 0.2) is 48.5 Å². The second-order valence-corrected chi connectivity index (χ2v) is 6.62. The Hall–Kier alpha value is 0.380. The van der Waals surface area contributed by atoms with Crippen molar-refractivity contribution in [3.8, 4) is 0 Å². The summed E-state index contributed by atoms with van der Waals surface area (Å²) in [5.74, 6) is 0. The van der Waals surface area contributed by atoms with Gasteiger partial charge in [0, 0.05) is 9.52 Å². The molecule has 2 aromatic carbocycles. The van der Waals surface area contributed by atoms with Gasteiger partial charge in [-0.2, -0.15) is 35.4 Å². The van der Waals surface area contributed by atoms with Crippen LogP contribution in [-0.2, 0) is 31.6 Å². The van der Waals surface area contributed by atoms with Gasteiger partial charge < -0.3 is 24.8 Å². The van der Waals surface area contributed by atoms with Gasteiger partial charge in [-0.15, -0.1) is 0 Å². The van der Waals surface area contributed by atoms with Crippen LogP contribution in [-0.4, -0.2) is 9.52 Å². The van der Waals surface area contributed by atoms with Gasteiger partial charge in [0.1, 0.15) is 0 Å². The van der Waals surface area contributed by atoms with Crippen LogP contribution >= 0.6 is 0 Å². The summed E-state index contributed by atoms with van der Waals surface area (Å²) in [6.45, 7) is 13.2. The normalized spacial score (nSPS) is 8.48. The molecule has 0 fully saturated rings. The van der Waals surface area contributed by atoms with E-state index in [-0.39, 0.29) is 51.0 Å². The Bertz CT molecular complexity index is 375. The fraction of sp³-hybridized carbons (Fsp3) is 0.412. The molecule has 0 spiro atoms. The molecule has 0 aliphatic rings. The van der Waals surface area contributed by atoms with Gasteiger partial charge in [-0.05, 0) is 0 Å². The Balaban J connectivity index is -0.000000107. The van der Waals surface area contributed by atoms with Gasteiger partial charge in [-0.1, -0.05) is 46.2 Å². The fourth-order valence-electron chi connectivity index (χ4n) is 1.34. The number of hydrogen-bond acceptors (Lipinski definition) is 0. The summed E-state index contributed by atoms with van der Waals surface area (Å²) < 4.78 is 0. The molecule has 2 aromatic rings. The van der Waals surface area contributed by atoms with Crippen molar-refractivity contribution < 1.29 is 51.0 Å². The summed E-state index contributed by atoms with van der Waals surface area (Å²) in [6.07, 6.45) is 0. The zero-order valence-corrected chi connectivity index (χ0v) is 19.1. The number of halogens is 2. The van der Waals surface area contributed by atoms with Crippen molar-refractivity contribution in [3.63, 3.8) is 0 Å². The van der Waals surface area contributed by atoms with Crippen LogP contribution in [0.3, 0.4) is 0 Å². The minimum Gasteiger partial charge on any atom is -1.00 e. The molecule has 0 unspecified atom stereocenters. The van der Waals surface area contributed by atoms with E-state index in [1.807, 2.05) is 12.1 Å². The summed E-state index contributed by atoms with van der Waals surface area (Å²) in [7, 11) is 0.750. The summed E-state index contributed by atoms with van der Waals surface area (Å²) in [6, 6.07) is 16.7. The van der Waals surface area contributed by atoms with Crippen LogP contribution in [0.5, 0.6) is 0 Å². The second-order valence-electron chi connectivity index (χ2n) is 5.46. The third kappa shape index (κ3) is 16.6. The van der Waals surface area contributed by atoms with Gasteiger partial charge in [-0.25, -0.2) is 24.3 Å². The molecular formula is C17H27Cl2SiZr. The maximum absolute atomic E-state index is 2.22. The molecule has 0 N–H and O–H groups in total. The minimum absolute atomic E-state index is 0. The Labute approximate surface area is 165 Å². The molecule has 0 aromatic heterocycles. The van der Waals surface area contributed by atoms with Gasteiger partial charge in [0.15, 0.2) is 0 Å². The van der Waals surface area contributed by atoms with Crippen molar-refractivity contribution in [1.82, 2.24) is 0 Å². The molecule has 21 heavy (non-hydrogen) atoms. The van der Waals surface area contributed by atoms with E-state index in [4.69, 9.17) is 0 Å². The van der Waals surface area contributed by atoms with Gasteiger partial charge >= 0.3 is 26.2 Å². The van der Waals surface area contributed by atoms with E-state index in [9.17, 15) is 0 Å². The van der Waals surface area contributed by atoms with Crippen LogP contribution < -0.4 is 24.8 Å². The predicted molar refractivity (Wildman–Crippen MR) is 86.4 cm³/mol. The van der Waals surface area contributed by atoms with Crippen LogP contribution in [0.2, 0.25) is 13.1 Å². The molecule has 0 saturated heterocycles. The molecule has 0 amide bonds. The molecule has 117 valence electrons. The molecular weight excluding hydrogens is 394 g/mol. The Morgan fingerprint density at radius 1 is 0.762 bits per heavy atom. The van der Waals surface area contributed by atoms with Crippen LogP contribution in [0.25, 0.3) is 0 Å². The molecule has 2 rings (SSSR count). The maximum Gasteiger partial charge on any atom is 4.00 e. The Kier molecular flexibility index (Phi) is 23.4. The summed E-state index contributed by atoms with van der Waals surface area (Å²) in [4.78, 5) is 0. The summed E-state index contributed by atoms with van der Waals surface area (Å²) >= 11 is 0. The Morgan fingerprint density at radius 2 is 1.05 bits per heavy atom. The SMILES string of the molecule is CC(C)(C)[c-]1cccc1.C[SiH]C.C[c-]1cccc1.[Cl-].[Cl-].[Zr+4]. The standard InChI is InChI=1S/C9H13.C6H7.C2H7Si.2ClH.Zr/c1-9(2,3)8-6-4-5-7-8;1-6-4-2-3-5-6;1-3-2;;;/h4-7H,1-3H3;2-5H,1H3;3H,1-2H3;2*1H;/q2*-1;;;;+4/p-2. The first kappa shape index (κ1) is 29.4. The first-order chi connectivity index (χ1) is 8.41. The maximum atomic E-state index is 2.22. The van der Waals surface area contributed by atoms with Crippen molar-refractivity contribution in [2.45, 2.75) is 46.2 Å². The first-order valence-corrected chi connectivity index (χ1v) is 8.87. The third-order valence-electron chi connectivity index (χ3n) is 2.36.